The van der Waals surface area contributed by atoms with Crippen LogP contribution in [0.25, 0.3) is 0 Å². The summed E-state index contributed by atoms with van der Waals surface area (Å²) in [7, 11) is 1.84. The molecule has 0 aliphatic rings. The molecule has 0 aromatic heterocycles. The molecule has 0 spiro atoms. The van der Waals surface area contributed by atoms with Crippen LogP contribution in [0.2, 0.25) is 5.02 Å². The summed E-state index contributed by atoms with van der Waals surface area (Å²) in [4.78, 5) is 14.8. The molecule has 0 fully saturated rings. The summed E-state index contributed by atoms with van der Waals surface area (Å²) in [5.41, 5.74) is 0. The number of amides is 1. The van der Waals surface area contributed by atoms with E-state index in [0.29, 0.717) is 6.42 Å². The van der Waals surface area contributed by atoms with Crippen molar-refractivity contribution in [2.45, 2.75) is 30.6 Å². The second-order valence-corrected chi connectivity index (χ2v) is 6.26. The van der Waals surface area contributed by atoms with Gasteiger partial charge in [-0.15, -0.1) is 11.8 Å². The average Bonchev–Trinajstić information content (AvgIpc) is 2.45. The minimum Gasteiger partial charge on any atom is -0.396 e. The van der Waals surface area contributed by atoms with Gasteiger partial charge in [-0.1, -0.05) is 11.6 Å². The van der Waals surface area contributed by atoms with Crippen molar-refractivity contribution in [1.29, 1.82) is 0 Å². The molecule has 0 atom stereocenters. The van der Waals surface area contributed by atoms with Crippen LogP contribution in [0.5, 0.6) is 0 Å². The van der Waals surface area contributed by atoms with E-state index >= 15 is 0 Å². The monoisotopic (exact) mass is 315 g/mol. The Morgan fingerprint density at radius 3 is 2.60 bits per heavy atom. The van der Waals surface area contributed by atoms with Crippen LogP contribution in [0.4, 0.5) is 0 Å². The number of nitrogens with zero attached hydrogens (tertiary/aromatic N) is 1. The third-order valence-electron chi connectivity index (χ3n) is 2.98. The van der Waals surface area contributed by atoms with Crippen molar-refractivity contribution in [2.75, 3.05) is 26.0 Å². The molecule has 20 heavy (non-hydrogen) atoms. The lowest BCUT2D eigenvalue weighted by Crippen LogP contribution is -2.27. The highest BCUT2D eigenvalue weighted by molar-refractivity contribution is 7.99. The molecule has 0 bridgehead atoms. The summed E-state index contributed by atoms with van der Waals surface area (Å²) in [6, 6.07) is 7.66. The Kier molecular flexibility index (Phi) is 8.74. The van der Waals surface area contributed by atoms with Crippen molar-refractivity contribution in [2.24, 2.45) is 0 Å². The number of carbonyl (C=O) groups is 1. The van der Waals surface area contributed by atoms with Gasteiger partial charge in [0.25, 0.3) is 0 Å². The van der Waals surface area contributed by atoms with Crippen molar-refractivity contribution in [3.8, 4) is 0 Å². The number of rotatable bonds is 9. The second-order valence-electron chi connectivity index (χ2n) is 4.65. The van der Waals surface area contributed by atoms with E-state index in [-0.39, 0.29) is 12.5 Å². The first-order chi connectivity index (χ1) is 9.63. The predicted molar refractivity (Wildman–Crippen MR) is 85.4 cm³/mol. The van der Waals surface area contributed by atoms with Gasteiger partial charge in [-0.25, -0.2) is 0 Å². The molecule has 0 radical (unpaired) electrons. The zero-order valence-corrected chi connectivity index (χ0v) is 13.4. The van der Waals surface area contributed by atoms with E-state index in [9.17, 15) is 4.79 Å². The van der Waals surface area contributed by atoms with Gasteiger partial charge in [0.1, 0.15) is 0 Å². The van der Waals surface area contributed by atoms with Gasteiger partial charge in [-0.3, -0.25) is 4.79 Å². The summed E-state index contributed by atoms with van der Waals surface area (Å²) in [5, 5.41) is 9.42. The number of unbranched alkanes of at least 4 members (excludes halogenated alkanes) is 2. The van der Waals surface area contributed by atoms with Crippen LogP contribution >= 0.6 is 23.4 Å². The van der Waals surface area contributed by atoms with Crippen molar-refractivity contribution < 1.29 is 9.90 Å². The van der Waals surface area contributed by atoms with Gasteiger partial charge < -0.3 is 10.0 Å². The van der Waals surface area contributed by atoms with Crippen LogP contribution in [-0.2, 0) is 4.79 Å². The van der Waals surface area contributed by atoms with Crippen LogP contribution in [0.1, 0.15) is 25.7 Å². The molecule has 1 amide bonds. The van der Waals surface area contributed by atoms with E-state index in [2.05, 4.69) is 0 Å². The van der Waals surface area contributed by atoms with E-state index in [1.165, 1.54) is 0 Å². The molecule has 1 aromatic carbocycles. The van der Waals surface area contributed by atoms with E-state index < -0.39 is 0 Å². The largest absolute Gasteiger partial charge is 0.396 e. The lowest BCUT2D eigenvalue weighted by Gasteiger charge is -2.16. The number of halogens is 1. The van der Waals surface area contributed by atoms with Gasteiger partial charge in [0.15, 0.2) is 0 Å². The topological polar surface area (TPSA) is 40.5 Å². The number of hydrogen-bond acceptors (Lipinski definition) is 3. The highest BCUT2D eigenvalue weighted by Gasteiger charge is 2.08. The zero-order valence-electron chi connectivity index (χ0n) is 11.8. The maximum absolute atomic E-state index is 11.9. The Hall–Kier alpha value is -0.710. The minimum absolute atomic E-state index is 0.176. The Balaban J connectivity index is 2.17. The Labute approximate surface area is 130 Å². The number of aliphatic hydroxyl groups excluding tert-OH is 1. The lowest BCUT2D eigenvalue weighted by atomic mass is 10.2. The van der Waals surface area contributed by atoms with Gasteiger partial charge >= 0.3 is 0 Å². The van der Waals surface area contributed by atoms with E-state index in [0.717, 1.165) is 41.5 Å². The summed E-state index contributed by atoms with van der Waals surface area (Å²) in [5.74, 6) is 0.956. The van der Waals surface area contributed by atoms with Gasteiger partial charge in [0.05, 0.1) is 0 Å². The van der Waals surface area contributed by atoms with Gasteiger partial charge in [-0.05, 0) is 43.5 Å². The standard InChI is InChI=1S/C15H22ClNO2S/c1-17(10-3-2-4-11-18)15(19)9-12-20-14-7-5-13(16)6-8-14/h5-8,18H,2-4,9-12H2,1H3. The van der Waals surface area contributed by atoms with Crippen LogP contribution in [0.3, 0.4) is 0 Å². The molecule has 1 aromatic rings. The van der Waals surface area contributed by atoms with Crippen LogP contribution in [0, 0.1) is 0 Å². The Morgan fingerprint density at radius 1 is 1.25 bits per heavy atom. The molecule has 0 aliphatic carbocycles. The molecule has 0 saturated heterocycles. The predicted octanol–water partition coefficient (Wildman–Crippen LogP) is 3.44. The molecule has 1 rings (SSSR count). The fourth-order valence-electron chi connectivity index (χ4n) is 1.74. The highest BCUT2D eigenvalue weighted by Crippen LogP contribution is 2.21. The quantitative estimate of drug-likeness (QED) is 0.560. The summed E-state index contributed by atoms with van der Waals surface area (Å²) < 4.78 is 0. The maximum Gasteiger partial charge on any atom is 0.223 e. The third kappa shape index (κ3) is 7.17. The van der Waals surface area contributed by atoms with Crippen LogP contribution in [-0.4, -0.2) is 41.9 Å². The van der Waals surface area contributed by atoms with Crippen molar-refractivity contribution in [1.82, 2.24) is 4.90 Å². The fraction of sp³-hybridized carbons (Fsp3) is 0.533. The molecule has 3 nitrogen and oxygen atoms in total. The molecule has 112 valence electrons. The van der Waals surface area contributed by atoms with Gasteiger partial charge in [0, 0.05) is 42.3 Å². The molecule has 0 saturated carbocycles. The van der Waals surface area contributed by atoms with Crippen molar-refractivity contribution in [3.05, 3.63) is 29.3 Å². The molecular weight excluding hydrogens is 294 g/mol. The summed E-state index contributed by atoms with van der Waals surface area (Å²) in [6.07, 6.45) is 3.28. The SMILES string of the molecule is CN(CCCCCO)C(=O)CCSc1ccc(Cl)cc1. The number of benzene rings is 1. The number of aliphatic hydroxyl groups is 1. The Bertz CT molecular complexity index is 397. The summed E-state index contributed by atoms with van der Waals surface area (Å²) in [6.45, 7) is 1.000. The van der Waals surface area contributed by atoms with E-state index in [1.807, 2.05) is 31.3 Å². The first-order valence-corrected chi connectivity index (χ1v) is 8.23. The molecule has 1 N–H and O–H groups in total. The maximum atomic E-state index is 11.9. The number of carbonyl (C=O) groups excluding carboxylic acids is 1. The smallest absolute Gasteiger partial charge is 0.223 e. The average molecular weight is 316 g/mol. The zero-order chi connectivity index (χ0) is 14.8. The molecule has 0 aliphatic heterocycles. The first kappa shape index (κ1) is 17.3. The van der Waals surface area contributed by atoms with E-state index in [1.54, 1.807) is 16.7 Å². The van der Waals surface area contributed by atoms with Gasteiger partial charge in [-0.2, -0.15) is 0 Å². The fourth-order valence-corrected chi connectivity index (χ4v) is 2.71. The van der Waals surface area contributed by atoms with Gasteiger partial charge in [0.2, 0.25) is 5.91 Å². The first-order valence-electron chi connectivity index (χ1n) is 6.86. The molecule has 0 unspecified atom stereocenters. The molecular formula is C15H22ClNO2S. The minimum atomic E-state index is 0.176. The summed E-state index contributed by atoms with van der Waals surface area (Å²) >= 11 is 7.49. The molecule has 5 heteroatoms. The van der Waals surface area contributed by atoms with Crippen LogP contribution < -0.4 is 0 Å². The number of thioether (sulfide) groups is 1. The van der Waals surface area contributed by atoms with Crippen molar-refractivity contribution >= 4 is 29.3 Å². The molecule has 0 heterocycles. The lowest BCUT2D eigenvalue weighted by molar-refractivity contribution is -0.129. The second kappa shape index (κ2) is 10.1. The van der Waals surface area contributed by atoms with Crippen LogP contribution in [0.15, 0.2) is 29.2 Å². The van der Waals surface area contributed by atoms with E-state index in [4.69, 9.17) is 16.7 Å². The Morgan fingerprint density at radius 2 is 1.95 bits per heavy atom. The third-order valence-corrected chi connectivity index (χ3v) is 4.24. The number of hydrogen-bond donors (Lipinski definition) is 1. The highest BCUT2D eigenvalue weighted by atomic mass is 35.5. The normalized spacial score (nSPS) is 10.6. The van der Waals surface area contributed by atoms with Crippen molar-refractivity contribution in [3.63, 3.8) is 0 Å².